The number of halogens is 2. The van der Waals surface area contributed by atoms with Crippen molar-refractivity contribution in [1.82, 2.24) is 10.2 Å². The fraction of sp³-hybridized carbons (Fsp3) is 0.364. The van der Waals surface area contributed by atoms with Gasteiger partial charge < -0.3 is 10.2 Å². The highest BCUT2D eigenvalue weighted by Gasteiger charge is 2.42. The van der Waals surface area contributed by atoms with E-state index in [0.717, 1.165) is 12.0 Å². The topological polar surface area (TPSA) is 49.4 Å². The van der Waals surface area contributed by atoms with Crippen molar-refractivity contribution in [2.75, 3.05) is 12.3 Å². The predicted molar refractivity (Wildman–Crippen MR) is 115 cm³/mol. The number of nitrogens with one attached hydrogen (secondary N) is 1. The Hall–Kier alpha value is -2.05. The summed E-state index contributed by atoms with van der Waals surface area (Å²) in [6.07, 6.45) is 0.867. The molecule has 1 N–H and O–H groups in total. The number of amides is 2. The summed E-state index contributed by atoms with van der Waals surface area (Å²) in [5.41, 5.74) is 1.12. The Labute approximate surface area is 179 Å². The normalized spacial score (nSPS) is 18.9. The molecule has 2 aromatic rings. The molecule has 0 bridgehead atoms. The lowest BCUT2D eigenvalue weighted by atomic mass is 10.1. The standard InChI is InChI=1S/C22H24ClFN2O2S/c1-14(2)11-12-25-20(27)19-13-29-22(15-7-9-16(24)10-8-15)26(19)21(28)17-5-3-4-6-18(17)23/h3-10,14,19,22H,11-13H2,1-2H3,(H,25,27). The molecule has 1 aliphatic rings. The first-order valence-electron chi connectivity index (χ1n) is 9.60. The Morgan fingerprint density at radius 2 is 1.90 bits per heavy atom. The summed E-state index contributed by atoms with van der Waals surface area (Å²) in [6, 6.07) is 12.2. The number of rotatable bonds is 6. The van der Waals surface area contributed by atoms with E-state index in [-0.39, 0.29) is 23.0 Å². The van der Waals surface area contributed by atoms with Crippen molar-refractivity contribution in [3.8, 4) is 0 Å². The SMILES string of the molecule is CC(C)CCNC(=O)C1CSC(c2ccc(F)cc2)N1C(=O)c1ccccc1Cl. The van der Waals surface area contributed by atoms with Gasteiger partial charge in [0.25, 0.3) is 5.91 Å². The first-order chi connectivity index (χ1) is 13.9. The fourth-order valence-corrected chi connectivity index (χ4v) is 4.86. The molecule has 3 rings (SSSR count). The maximum absolute atomic E-state index is 13.4. The van der Waals surface area contributed by atoms with Gasteiger partial charge in [-0.25, -0.2) is 4.39 Å². The van der Waals surface area contributed by atoms with Gasteiger partial charge in [-0.3, -0.25) is 9.59 Å². The average molecular weight is 435 g/mol. The van der Waals surface area contributed by atoms with Crippen molar-refractivity contribution in [3.63, 3.8) is 0 Å². The van der Waals surface area contributed by atoms with Crippen LogP contribution in [0.4, 0.5) is 4.39 Å². The van der Waals surface area contributed by atoms with Crippen molar-refractivity contribution in [3.05, 3.63) is 70.5 Å². The number of nitrogens with zero attached hydrogens (tertiary/aromatic N) is 1. The molecule has 7 heteroatoms. The highest BCUT2D eigenvalue weighted by Crippen LogP contribution is 2.42. The molecule has 0 spiro atoms. The van der Waals surface area contributed by atoms with Crippen LogP contribution in [0, 0.1) is 11.7 Å². The summed E-state index contributed by atoms with van der Waals surface area (Å²) in [7, 11) is 0. The Kier molecular flexibility index (Phi) is 7.19. The number of hydrogen-bond acceptors (Lipinski definition) is 3. The lowest BCUT2D eigenvalue weighted by Gasteiger charge is -2.29. The molecule has 2 amide bonds. The van der Waals surface area contributed by atoms with Crippen molar-refractivity contribution < 1.29 is 14.0 Å². The van der Waals surface area contributed by atoms with Crippen LogP contribution < -0.4 is 5.32 Å². The molecule has 4 nitrogen and oxygen atoms in total. The summed E-state index contributed by atoms with van der Waals surface area (Å²) in [5.74, 6) is 0.109. The van der Waals surface area contributed by atoms with Gasteiger partial charge in [-0.2, -0.15) is 0 Å². The average Bonchev–Trinajstić information content (AvgIpc) is 3.13. The molecule has 1 saturated heterocycles. The predicted octanol–water partition coefficient (Wildman–Crippen LogP) is 4.90. The minimum atomic E-state index is -0.619. The second-order valence-corrected chi connectivity index (χ2v) is 8.94. The third-order valence-electron chi connectivity index (χ3n) is 4.82. The number of hydrogen-bond donors (Lipinski definition) is 1. The summed E-state index contributed by atoms with van der Waals surface area (Å²) < 4.78 is 13.4. The summed E-state index contributed by atoms with van der Waals surface area (Å²) >= 11 is 7.75. The maximum atomic E-state index is 13.4. The van der Waals surface area contributed by atoms with Crippen molar-refractivity contribution in [2.45, 2.75) is 31.7 Å². The molecule has 2 aromatic carbocycles. The molecule has 1 fully saturated rings. The monoisotopic (exact) mass is 434 g/mol. The number of carbonyl (C=O) groups is 2. The van der Waals surface area contributed by atoms with E-state index in [4.69, 9.17) is 11.6 Å². The zero-order chi connectivity index (χ0) is 21.0. The number of carbonyl (C=O) groups excluding carboxylic acids is 2. The van der Waals surface area contributed by atoms with Crippen molar-refractivity contribution >= 4 is 35.2 Å². The minimum absolute atomic E-state index is 0.178. The summed E-state index contributed by atoms with van der Waals surface area (Å²) in [6.45, 7) is 4.75. The van der Waals surface area contributed by atoms with E-state index in [9.17, 15) is 14.0 Å². The van der Waals surface area contributed by atoms with Gasteiger partial charge in [0.2, 0.25) is 5.91 Å². The van der Waals surface area contributed by atoms with Crippen LogP contribution in [0.3, 0.4) is 0 Å². The van der Waals surface area contributed by atoms with Gasteiger partial charge in [-0.15, -0.1) is 11.8 Å². The lowest BCUT2D eigenvalue weighted by Crippen LogP contribution is -2.48. The third kappa shape index (κ3) is 5.11. The summed E-state index contributed by atoms with van der Waals surface area (Å²) in [4.78, 5) is 27.8. The molecule has 0 aliphatic carbocycles. The third-order valence-corrected chi connectivity index (χ3v) is 6.47. The van der Waals surface area contributed by atoms with E-state index < -0.39 is 6.04 Å². The molecule has 2 atom stereocenters. The Morgan fingerprint density at radius 3 is 2.55 bits per heavy atom. The van der Waals surface area contributed by atoms with Gasteiger partial charge in [-0.1, -0.05) is 49.7 Å². The first kappa shape index (κ1) is 21.7. The second-order valence-electron chi connectivity index (χ2n) is 7.42. The van der Waals surface area contributed by atoms with Gasteiger partial charge in [0, 0.05) is 12.3 Å². The van der Waals surface area contributed by atoms with E-state index in [1.807, 2.05) is 0 Å². The van der Waals surface area contributed by atoms with Crippen LogP contribution in [0.25, 0.3) is 0 Å². The maximum Gasteiger partial charge on any atom is 0.257 e. The lowest BCUT2D eigenvalue weighted by molar-refractivity contribution is -0.124. The van der Waals surface area contributed by atoms with Gasteiger partial charge in [0.1, 0.15) is 17.2 Å². The molecule has 29 heavy (non-hydrogen) atoms. The quantitative estimate of drug-likeness (QED) is 0.703. The van der Waals surface area contributed by atoms with E-state index in [0.29, 0.717) is 28.8 Å². The molecule has 1 heterocycles. The molecular formula is C22H24ClFN2O2S. The number of thioether (sulfide) groups is 1. The minimum Gasteiger partial charge on any atom is -0.354 e. The highest BCUT2D eigenvalue weighted by molar-refractivity contribution is 7.99. The van der Waals surface area contributed by atoms with Gasteiger partial charge in [0.15, 0.2) is 0 Å². The largest absolute Gasteiger partial charge is 0.354 e. The Morgan fingerprint density at radius 1 is 1.21 bits per heavy atom. The van der Waals surface area contributed by atoms with Crippen LogP contribution >= 0.6 is 23.4 Å². The molecular weight excluding hydrogens is 411 g/mol. The second kappa shape index (κ2) is 9.63. The van der Waals surface area contributed by atoms with Crippen LogP contribution in [0.5, 0.6) is 0 Å². The molecule has 0 aromatic heterocycles. The highest BCUT2D eigenvalue weighted by atomic mass is 35.5. The Balaban J connectivity index is 1.89. The molecule has 2 unspecified atom stereocenters. The van der Waals surface area contributed by atoms with Crippen LogP contribution in [0.2, 0.25) is 5.02 Å². The van der Waals surface area contributed by atoms with Crippen LogP contribution in [-0.4, -0.2) is 35.1 Å². The van der Waals surface area contributed by atoms with E-state index in [1.54, 1.807) is 41.3 Å². The van der Waals surface area contributed by atoms with E-state index in [1.165, 1.54) is 23.9 Å². The fourth-order valence-electron chi connectivity index (χ4n) is 3.22. The van der Waals surface area contributed by atoms with E-state index >= 15 is 0 Å². The molecule has 1 aliphatic heterocycles. The van der Waals surface area contributed by atoms with Crippen molar-refractivity contribution in [2.24, 2.45) is 5.92 Å². The van der Waals surface area contributed by atoms with Crippen LogP contribution in [-0.2, 0) is 4.79 Å². The number of benzene rings is 2. The molecule has 154 valence electrons. The Bertz CT molecular complexity index is 875. The van der Waals surface area contributed by atoms with Gasteiger partial charge in [0.05, 0.1) is 10.6 Å². The first-order valence-corrected chi connectivity index (χ1v) is 11.0. The molecule has 0 radical (unpaired) electrons. The van der Waals surface area contributed by atoms with E-state index in [2.05, 4.69) is 19.2 Å². The smallest absolute Gasteiger partial charge is 0.257 e. The van der Waals surface area contributed by atoms with Crippen LogP contribution in [0.1, 0.15) is 41.6 Å². The molecule has 0 saturated carbocycles. The van der Waals surface area contributed by atoms with Crippen molar-refractivity contribution in [1.29, 1.82) is 0 Å². The summed E-state index contributed by atoms with van der Waals surface area (Å²) in [5, 5.41) is 2.90. The van der Waals surface area contributed by atoms with Gasteiger partial charge in [-0.05, 0) is 42.2 Å². The van der Waals surface area contributed by atoms with Crippen LogP contribution in [0.15, 0.2) is 48.5 Å². The zero-order valence-corrected chi connectivity index (χ0v) is 18.0. The van der Waals surface area contributed by atoms with Gasteiger partial charge >= 0.3 is 0 Å². The zero-order valence-electron chi connectivity index (χ0n) is 16.4.